The minimum atomic E-state index is -0.126. The lowest BCUT2D eigenvalue weighted by Crippen LogP contribution is -2.22. The molecule has 1 amide bonds. The van der Waals surface area contributed by atoms with Crippen LogP contribution in [0.5, 0.6) is 23.0 Å². The summed E-state index contributed by atoms with van der Waals surface area (Å²) in [4.78, 5) is 16.7. The molecule has 200 valence electrons. The van der Waals surface area contributed by atoms with Crippen LogP contribution in [-0.2, 0) is 11.2 Å². The molecule has 0 aliphatic heterocycles. The maximum Gasteiger partial charge on any atom is 0.244 e. The molecule has 1 heterocycles. The van der Waals surface area contributed by atoms with E-state index in [0.717, 1.165) is 41.5 Å². The summed E-state index contributed by atoms with van der Waals surface area (Å²) >= 11 is 0. The Kier molecular flexibility index (Phi) is 10.8. The van der Waals surface area contributed by atoms with Gasteiger partial charge in [0.15, 0.2) is 23.0 Å². The van der Waals surface area contributed by atoms with E-state index >= 15 is 0 Å². The largest absolute Gasteiger partial charge is 0.493 e. The molecule has 1 aromatic heterocycles. The molecular weight excluding hydrogens is 480 g/mol. The van der Waals surface area contributed by atoms with Crippen LogP contribution < -0.4 is 24.3 Å². The Morgan fingerprint density at radius 3 is 1.95 bits per heavy atom. The number of aryl methyl sites for hydroxylation is 1. The molecule has 0 bridgehead atoms. The van der Waals surface area contributed by atoms with E-state index in [0.29, 0.717) is 29.5 Å². The number of methoxy groups -OCH3 is 4. The summed E-state index contributed by atoms with van der Waals surface area (Å²) in [7, 11) is 6.42. The summed E-state index contributed by atoms with van der Waals surface area (Å²) in [5.74, 6) is 2.37. The first-order valence-electron chi connectivity index (χ1n) is 12.5. The summed E-state index contributed by atoms with van der Waals surface area (Å²) in [5, 5.41) is 2.99. The van der Waals surface area contributed by atoms with E-state index < -0.39 is 0 Å². The zero-order valence-electron chi connectivity index (χ0n) is 22.7. The molecular formula is C31H36N2O5. The lowest BCUT2D eigenvalue weighted by Gasteiger charge is -2.15. The fraction of sp³-hybridized carbons (Fsp3) is 0.290. The summed E-state index contributed by atoms with van der Waals surface area (Å²) in [5.41, 5.74) is 4.71. The predicted octanol–water partition coefficient (Wildman–Crippen LogP) is 5.63. The number of carbonyl (C=O) groups excluding carboxylic acids is 1. The maximum atomic E-state index is 12.6. The van der Waals surface area contributed by atoms with Gasteiger partial charge in [0.25, 0.3) is 0 Å². The van der Waals surface area contributed by atoms with Gasteiger partial charge in [0.05, 0.1) is 28.4 Å². The third kappa shape index (κ3) is 7.87. The fourth-order valence-corrected chi connectivity index (χ4v) is 4.08. The Morgan fingerprint density at radius 1 is 0.816 bits per heavy atom. The summed E-state index contributed by atoms with van der Waals surface area (Å²) < 4.78 is 21.9. The predicted molar refractivity (Wildman–Crippen MR) is 150 cm³/mol. The highest BCUT2D eigenvalue weighted by Gasteiger charge is 2.13. The van der Waals surface area contributed by atoms with E-state index in [4.69, 9.17) is 18.9 Å². The Labute approximate surface area is 225 Å². The second-order valence-electron chi connectivity index (χ2n) is 8.70. The number of amides is 1. The van der Waals surface area contributed by atoms with Gasteiger partial charge in [-0.2, -0.15) is 0 Å². The van der Waals surface area contributed by atoms with Crippen molar-refractivity contribution in [3.63, 3.8) is 0 Å². The molecule has 7 nitrogen and oxygen atoms in total. The van der Waals surface area contributed by atoms with E-state index in [1.807, 2.05) is 61.7 Å². The van der Waals surface area contributed by atoms with E-state index in [1.165, 1.54) is 5.56 Å². The number of unbranched alkanes of at least 4 members (excludes halogenated alkanes) is 1. The van der Waals surface area contributed by atoms with Crippen LogP contribution in [0.4, 0.5) is 0 Å². The molecule has 38 heavy (non-hydrogen) atoms. The Morgan fingerprint density at radius 2 is 1.42 bits per heavy atom. The number of nitrogens with one attached hydrogen (secondary N) is 1. The van der Waals surface area contributed by atoms with Crippen LogP contribution in [0.3, 0.4) is 0 Å². The van der Waals surface area contributed by atoms with Crippen molar-refractivity contribution in [1.29, 1.82) is 0 Å². The van der Waals surface area contributed by atoms with Crippen molar-refractivity contribution in [2.24, 2.45) is 0 Å². The topological polar surface area (TPSA) is 78.9 Å². The van der Waals surface area contributed by atoms with E-state index in [1.54, 1.807) is 40.7 Å². The van der Waals surface area contributed by atoms with Crippen LogP contribution in [0, 0.1) is 0 Å². The SMILES string of the molecule is COc1ccc(C(=CC(C)=CC(=O)NCCCCc2cccnc2)c2ccc(OC)c(OC)c2)cc1OC. The maximum absolute atomic E-state index is 12.6. The molecule has 0 atom stereocenters. The monoisotopic (exact) mass is 516 g/mol. The van der Waals surface area contributed by atoms with Crippen LogP contribution in [0.25, 0.3) is 5.57 Å². The third-order valence-electron chi connectivity index (χ3n) is 6.03. The average molecular weight is 517 g/mol. The Balaban J connectivity index is 1.80. The average Bonchev–Trinajstić information content (AvgIpc) is 2.95. The number of ether oxygens (including phenoxy) is 4. The van der Waals surface area contributed by atoms with Gasteiger partial charge in [-0.05, 0) is 84.4 Å². The lowest BCUT2D eigenvalue weighted by molar-refractivity contribution is -0.116. The van der Waals surface area contributed by atoms with Gasteiger partial charge in [-0.1, -0.05) is 24.3 Å². The second-order valence-corrected chi connectivity index (χ2v) is 8.70. The summed E-state index contributed by atoms with van der Waals surface area (Å²) in [6.45, 7) is 2.52. The first kappa shape index (κ1) is 28.3. The van der Waals surface area contributed by atoms with Gasteiger partial charge >= 0.3 is 0 Å². The number of benzene rings is 2. The molecule has 3 rings (SSSR count). The van der Waals surface area contributed by atoms with Crippen molar-refractivity contribution in [1.82, 2.24) is 10.3 Å². The van der Waals surface area contributed by atoms with Crippen molar-refractivity contribution < 1.29 is 23.7 Å². The normalized spacial score (nSPS) is 10.9. The number of aromatic nitrogens is 1. The van der Waals surface area contributed by atoms with Gasteiger partial charge in [0.1, 0.15) is 0 Å². The molecule has 3 aromatic rings. The molecule has 1 N–H and O–H groups in total. The van der Waals surface area contributed by atoms with Gasteiger partial charge in [-0.15, -0.1) is 0 Å². The number of nitrogens with zero attached hydrogens (tertiary/aromatic N) is 1. The van der Waals surface area contributed by atoms with Crippen LogP contribution in [0.1, 0.15) is 36.5 Å². The van der Waals surface area contributed by atoms with Gasteiger partial charge < -0.3 is 24.3 Å². The van der Waals surface area contributed by atoms with Crippen molar-refractivity contribution in [3.8, 4) is 23.0 Å². The molecule has 0 spiro atoms. The second kappa shape index (κ2) is 14.5. The molecule has 0 aliphatic rings. The minimum absolute atomic E-state index is 0.126. The van der Waals surface area contributed by atoms with Crippen molar-refractivity contribution in [3.05, 3.63) is 95.3 Å². The molecule has 0 saturated carbocycles. The van der Waals surface area contributed by atoms with Crippen LogP contribution in [-0.4, -0.2) is 45.9 Å². The van der Waals surface area contributed by atoms with Gasteiger partial charge in [0, 0.05) is 25.0 Å². The smallest absolute Gasteiger partial charge is 0.244 e. The first-order chi connectivity index (χ1) is 18.5. The van der Waals surface area contributed by atoms with Crippen LogP contribution in [0.15, 0.2) is 78.6 Å². The number of pyridine rings is 1. The third-order valence-corrected chi connectivity index (χ3v) is 6.03. The molecule has 0 fully saturated rings. The van der Waals surface area contributed by atoms with Crippen LogP contribution in [0.2, 0.25) is 0 Å². The molecule has 0 radical (unpaired) electrons. The first-order valence-corrected chi connectivity index (χ1v) is 12.5. The van der Waals surface area contributed by atoms with E-state index in [2.05, 4.69) is 16.4 Å². The van der Waals surface area contributed by atoms with Crippen molar-refractivity contribution >= 4 is 11.5 Å². The molecule has 0 saturated heterocycles. The highest BCUT2D eigenvalue weighted by atomic mass is 16.5. The number of allylic oxidation sites excluding steroid dienone is 2. The number of hydrogen-bond donors (Lipinski definition) is 1. The van der Waals surface area contributed by atoms with Gasteiger partial charge in [-0.3, -0.25) is 9.78 Å². The zero-order valence-corrected chi connectivity index (χ0v) is 22.7. The van der Waals surface area contributed by atoms with E-state index in [9.17, 15) is 4.79 Å². The highest BCUT2D eigenvalue weighted by Crippen LogP contribution is 2.36. The van der Waals surface area contributed by atoms with Crippen molar-refractivity contribution in [2.75, 3.05) is 35.0 Å². The number of rotatable bonds is 13. The quantitative estimate of drug-likeness (QED) is 0.180. The summed E-state index contributed by atoms with van der Waals surface area (Å²) in [6, 6.07) is 15.5. The lowest BCUT2D eigenvalue weighted by atomic mass is 9.95. The Bertz CT molecular complexity index is 1210. The van der Waals surface area contributed by atoms with E-state index in [-0.39, 0.29) is 5.91 Å². The Hall–Kier alpha value is -4.26. The standard InChI is InChI=1S/C31H36N2O5/c1-22(18-31(34)33-16-7-6-9-23-10-8-15-32-21-23)17-26(24-11-13-27(35-2)29(19-24)37-4)25-12-14-28(36-3)30(20-25)38-5/h8,10-15,17-21H,6-7,9,16H2,1-5H3,(H,33,34). The van der Waals surface area contributed by atoms with Crippen molar-refractivity contribution in [2.45, 2.75) is 26.2 Å². The zero-order chi connectivity index (χ0) is 27.3. The number of carbonyl (C=O) groups is 1. The molecule has 0 unspecified atom stereocenters. The minimum Gasteiger partial charge on any atom is -0.493 e. The number of hydrogen-bond acceptors (Lipinski definition) is 6. The molecule has 7 heteroatoms. The highest BCUT2D eigenvalue weighted by molar-refractivity contribution is 5.90. The van der Waals surface area contributed by atoms with Gasteiger partial charge in [0.2, 0.25) is 5.91 Å². The molecule has 0 aliphatic carbocycles. The van der Waals surface area contributed by atoms with Gasteiger partial charge in [-0.25, -0.2) is 0 Å². The molecule has 2 aromatic carbocycles. The van der Waals surface area contributed by atoms with Crippen LogP contribution >= 0.6 is 0 Å². The fourth-order valence-electron chi connectivity index (χ4n) is 4.08. The summed E-state index contributed by atoms with van der Waals surface area (Å²) in [6.07, 6.45) is 10.1.